The van der Waals surface area contributed by atoms with Crippen molar-refractivity contribution in [1.29, 1.82) is 0 Å². The molecule has 2 aliphatic heterocycles. The fourth-order valence-electron chi connectivity index (χ4n) is 3.74. The van der Waals surface area contributed by atoms with E-state index in [-0.39, 0.29) is 5.91 Å². The Morgan fingerprint density at radius 1 is 1.17 bits per heavy atom. The maximum Gasteiger partial charge on any atom is 0.253 e. The first kappa shape index (κ1) is 15.2. The van der Waals surface area contributed by atoms with Gasteiger partial charge in [-0.15, -0.1) is 0 Å². The van der Waals surface area contributed by atoms with Crippen LogP contribution in [0.4, 0.5) is 0 Å². The SMILES string of the molecule is O=C(c1ccc2c(c1)CNCC2)N1CCC(NCC2CC2)CC1. The molecule has 0 aromatic heterocycles. The molecule has 1 aliphatic carbocycles. The highest BCUT2D eigenvalue weighted by atomic mass is 16.2. The molecule has 4 nitrogen and oxygen atoms in total. The second-order valence-electron chi connectivity index (χ2n) is 7.33. The lowest BCUT2D eigenvalue weighted by Gasteiger charge is -2.33. The first-order valence-corrected chi connectivity index (χ1v) is 9.15. The van der Waals surface area contributed by atoms with E-state index in [9.17, 15) is 4.79 Å². The van der Waals surface area contributed by atoms with Gasteiger partial charge in [-0.1, -0.05) is 6.07 Å². The molecule has 0 spiro atoms. The number of amides is 1. The van der Waals surface area contributed by atoms with Crippen LogP contribution in [0.25, 0.3) is 0 Å². The molecule has 2 heterocycles. The van der Waals surface area contributed by atoms with Gasteiger partial charge in [-0.25, -0.2) is 0 Å². The fraction of sp³-hybridized carbons (Fsp3) is 0.632. The second kappa shape index (κ2) is 6.62. The normalized spacial score (nSPS) is 22.0. The van der Waals surface area contributed by atoms with Gasteiger partial charge in [0.15, 0.2) is 0 Å². The summed E-state index contributed by atoms with van der Waals surface area (Å²) in [6.07, 6.45) is 6.05. The molecule has 1 aromatic rings. The molecule has 1 saturated heterocycles. The van der Waals surface area contributed by atoms with Crippen molar-refractivity contribution in [3.05, 3.63) is 34.9 Å². The summed E-state index contributed by atoms with van der Waals surface area (Å²) in [5, 5.41) is 7.06. The van der Waals surface area contributed by atoms with Crippen LogP contribution in [0.1, 0.15) is 47.2 Å². The number of rotatable bonds is 4. The van der Waals surface area contributed by atoms with Crippen molar-refractivity contribution in [1.82, 2.24) is 15.5 Å². The summed E-state index contributed by atoms with van der Waals surface area (Å²) in [7, 11) is 0. The van der Waals surface area contributed by atoms with E-state index < -0.39 is 0 Å². The Labute approximate surface area is 138 Å². The average Bonchev–Trinajstić information content (AvgIpc) is 3.44. The molecule has 4 heteroatoms. The van der Waals surface area contributed by atoms with Crippen LogP contribution >= 0.6 is 0 Å². The van der Waals surface area contributed by atoms with E-state index in [0.29, 0.717) is 6.04 Å². The molecule has 23 heavy (non-hydrogen) atoms. The number of hydrogen-bond acceptors (Lipinski definition) is 3. The number of nitrogens with zero attached hydrogens (tertiary/aromatic N) is 1. The van der Waals surface area contributed by atoms with Crippen LogP contribution in [-0.2, 0) is 13.0 Å². The molecule has 3 aliphatic rings. The quantitative estimate of drug-likeness (QED) is 0.893. The van der Waals surface area contributed by atoms with Gasteiger partial charge in [0.2, 0.25) is 0 Å². The van der Waals surface area contributed by atoms with Crippen molar-refractivity contribution >= 4 is 5.91 Å². The minimum absolute atomic E-state index is 0.207. The molecule has 1 amide bonds. The number of likely N-dealkylation sites (tertiary alicyclic amines) is 1. The minimum Gasteiger partial charge on any atom is -0.339 e. The van der Waals surface area contributed by atoms with Gasteiger partial charge in [-0.2, -0.15) is 0 Å². The van der Waals surface area contributed by atoms with E-state index in [4.69, 9.17) is 0 Å². The lowest BCUT2D eigenvalue weighted by Crippen LogP contribution is -2.45. The van der Waals surface area contributed by atoms with Crippen LogP contribution in [0.2, 0.25) is 0 Å². The highest BCUT2D eigenvalue weighted by Crippen LogP contribution is 2.28. The lowest BCUT2D eigenvalue weighted by molar-refractivity contribution is 0.0705. The Morgan fingerprint density at radius 2 is 2.00 bits per heavy atom. The smallest absolute Gasteiger partial charge is 0.253 e. The monoisotopic (exact) mass is 313 g/mol. The van der Waals surface area contributed by atoms with E-state index in [1.165, 1.54) is 30.5 Å². The number of benzene rings is 1. The van der Waals surface area contributed by atoms with Crippen molar-refractivity contribution in [2.75, 3.05) is 26.2 Å². The van der Waals surface area contributed by atoms with E-state index in [2.05, 4.69) is 22.8 Å². The van der Waals surface area contributed by atoms with E-state index in [1.807, 2.05) is 11.0 Å². The number of carbonyl (C=O) groups is 1. The van der Waals surface area contributed by atoms with Gasteiger partial charge in [-0.05, 0) is 74.4 Å². The summed E-state index contributed by atoms with van der Waals surface area (Å²) in [6.45, 7) is 4.88. The third-order valence-corrected chi connectivity index (χ3v) is 5.51. The highest BCUT2D eigenvalue weighted by Gasteiger charge is 2.26. The third kappa shape index (κ3) is 3.59. The number of hydrogen-bond donors (Lipinski definition) is 2. The molecule has 2 N–H and O–H groups in total. The van der Waals surface area contributed by atoms with Crippen LogP contribution in [0, 0.1) is 5.92 Å². The summed E-state index contributed by atoms with van der Waals surface area (Å²) in [5.74, 6) is 1.14. The van der Waals surface area contributed by atoms with Gasteiger partial charge in [-0.3, -0.25) is 4.79 Å². The zero-order valence-corrected chi connectivity index (χ0v) is 13.8. The van der Waals surface area contributed by atoms with Gasteiger partial charge in [0.1, 0.15) is 0 Å². The Morgan fingerprint density at radius 3 is 2.78 bits per heavy atom. The van der Waals surface area contributed by atoms with Crippen molar-refractivity contribution in [2.45, 2.75) is 44.7 Å². The molecule has 0 radical (unpaired) electrons. The van der Waals surface area contributed by atoms with Crippen LogP contribution in [0.3, 0.4) is 0 Å². The molecule has 124 valence electrons. The zero-order chi connectivity index (χ0) is 15.6. The van der Waals surface area contributed by atoms with Crippen LogP contribution in [-0.4, -0.2) is 43.0 Å². The zero-order valence-electron chi connectivity index (χ0n) is 13.8. The topological polar surface area (TPSA) is 44.4 Å². The van der Waals surface area contributed by atoms with Gasteiger partial charge < -0.3 is 15.5 Å². The van der Waals surface area contributed by atoms with Crippen LogP contribution in [0.5, 0.6) is 0 Å². The predicted molar refractivity (Wildman–Crippen MR) is 91.5 cm³/mol. The number of piperidine rings is 1. The van der Waals surface area contributed by atoms with E-state index >= 15 is 0 Å². The minimum atomic E-state index is 0.207. The number of fused-ring (bicyclic) bond motifs is 1. The summed E-state index contributed by atoms with van der Waals surface area (Å²) < 4.78 is 0. The highest BCUT2D eigenvalue weighted by molar-refractivity contribution is 5.94. The van der Waals surface area contributed by atoms with E-state index in [0.717, 1.165) is 56.9 Å². The molecule has 0 unspecified atom stereocenters. The first-order chi connectivity index (χ1) is 11.3. The Kier molecular flexibility index (Phi) is 4.36. The summed E-state index contributed by atoms with van der Waals surface area (Å²) in [5.41, 5.74) is 3.54. The van der Waals surface area contributed by atoms with Gasteiger partial charge in [0.05, 0.1) is 0 Å². The molecule has 0 atom stereocenters. The maximum absolute atomic E-state index is 12.8. The van der Waals surface area contributed by atoms with E-state index in [1.54, 1.807) is 0 Å². The molecule has 1 saturated carbocycles. The first-order valence-electron chi connectivity index (χ1n) is 9.15. The fourth-order valence-corrected chi connectivity index (χ4v) is 3.74. The molecule has 1 aromatic carbocycles. The Hall–Kier alpha value is -1.39. The molecular formula is C19H27N3O. The molecule has 0 bridgehead atoms. The summed E-state index contributed by atoms with van der Waals surface area (Å²) in [6, 6.07) is 6.87. The Balaban J connectivity index is 1.34. The largest absolute Gasteiger partial charge is 0.339 e. The molecule has 4 rings (SSSR count). The van der Waals surface area contributed by atoms with Gasteiger partial charge in [0, 0.05) is 31.2 Å². The average molecular weight is 313 g/mol. The van der Waals surface area contributed by atoms with Gasteiger partial charge in [0.25, 0.3) is 5.91 Å². The Bertz CT molecular complexity index is 574. The number of carbonyl (C=O) groups excluding carboxylic acids is 1. The maximum atomic E-state index is 12.8. The number of nitrogens with one attached hydrogen (secondary N) is 2. The molecular weight excluding hydrogens is 286 g/mol. The predicted octanol–water partition coefficient (Wildman–Crippen LogP) is 1.94. The van der Waals surface area contributed by atoms with Crippen molar-refractivity contribution < 1.29 is 4.79 Å². The van der Waals surface area contributed by atoms with Crippen molar-refractivity contribution in [2.24, 2.45) is 5.92 Å². The summed E-state index contributed by atoms with van der Waals surface area (Å²) >= 11 is 0. The van der Waals surface area contributed by atoms with Crippen molar-refractivity contribution in [3.8, 4) is 0 Å². The second-order valence-corrected chi connectivity index (χ2v) is 7.33. The van der Waals surface area contributed by atoms with Gasteiger partial charge >= 0.3 is 0 Å². The third-order valence-electron chi connectivity index (χ3n) is 5.51. The summed E-state index contributed by atoms with van der Waals surface area (Å²) in [4.78, 5) is 14.8. The van der Waals surface area contributed by atoms with Crippen LogP contribution in [0.15, 0.2) is 18.2 Å². The van der Waals surface area contributed by atoms with Crippen LogP contribution < -0.4 is 10.6 Å². The lowest BCUT2D eigenvalue weighted by atomic mass is 9.97. The van der Waals surface area contributed by atoms with Crippen molar-refractivity contribution in [3.63, 3.8) is 0 Å². The standard InChI is InChI=1S/C19H27N3O/c23-19(16-4-3-15-5-8-20-13-17(15)11-16)22-9-6-18(7-10-22)21-12-14-1-2-14/h3-4,11,14,18,20-21H,1-2,5-10,12-13H2. The molecule has 2 fully saturated rings.